The zero-order valence-corrected chi connectivity index (χ0v) is 10.8. The first-order valence-electron chi connectivity index (χ1n) is 6.28. The van der Waals surface area contributed by atoms with E-state index >= 15 is 0 Å². The van der Waals surface area contributed by atoms with Gasteiger partial charge in [0.25, 0.3) is 0 Å². The summed E-state index contributed by atoms with van der Waals surface area (Å²) in [5, 5.41) is 2.39. The van der Waals surface area contributed by atoms with Crippen LogP contribution in [0.1, 0.15) is 39.5 Å². The molecule has 2 atom stereocenters. The summed E-state index contributed by atoms with van der Waals surface area (Å²) in [6.07, 6.45) is -1.83. The van der Waals surface area contributed by atoms with Crippen LogP contribution in [0, 0.1) is 5.92 Å². The molecule has 18 heavy (non-hydrogen) atoms. The number of nitrogens with one attached hydrogen (secondary N) is 1. The van der Waals surface area contributed by atoms with Gasteiger partial charge < -0.3 is 4.74 Å². The summed E-state index contributed by atoms with van der Waals surface area (Å²) in [6.45, 7) is 2.63. The van der Waals surface area contributed by atoms with Gasteiger partial charge in [-0.1, -0.05) is 19.8 Å². The molecule has 106 valence electrons. The van der Waals surface area contributed by atoms with E-state index in [0.29, 0.717) is 12.8 Å². The standard InChI is InChI=1S/C12H20F3NO2/c1-3-18-10(17)11(16-8-12(13,14)15)6-4-5-9(2)7-11/h9,16H,3-8H2,1-2H3. The zero-order valence-electron chi connectivity index (χ0n) is 10.8. The quantitative estimate of drug-likeness (QED) is 0.796. The van der Waals surface area contributed by atoms with Crippen molar-refractivity contribution in [2.75, 3.05) is 13.2 Å². The maximum absolute atomic E-state index is 12.3. The van der Waals surface area contributed by atoms with Crippen LogP contribution in [-0.4, -0.2) is 30.8 Å². The van der Waals surface area contributed by atoms with E-state index in [1.54, 1.807) is 6.92 Å². The van der Waals surface area contributed by atoms with Crippen molar-refractivity contribution in [1.29, 1.82) is 0 Å². The molecule has 1 saturated carbocycles. The van der Waals surface area contributed by atoms with Gasteiger partial charge in [-0.15, -0.1) is 0 Å². The maximum Gasteiger partial charge on any atom is 0.401 e. The summed E-state index contributed by atoms with van der Waals surface area (Å²) in [4.78, 5) is 11.9. The first kappa shape index (κ1) is 15.3. The Hall–Kier alpha value is -0.780. The summed E-state index contributed by atoms with van der Waals surface area (Å²) in [6, 6.07) is 0. The lowest BCUT2D eigenvalue weighted by Gasteiger charge is -2.38. The summed E-state index contributed by atoms with van der Waals surface area (Å²) >= 11 is 0. The third-order valence-corrected chi connectivity index (χ3v) is 3.29. The van der Waals surface area contributed by atoms with Gasteiger partial charge >= 0.3 is 12.1 Å². The van der Waals surface area contributed by atoms with Crippen LogP contribution in [-0.2, 0) is 9.53 Å². The molecule has 0 aliphatic heterocycles. The van der Waals surface area contributed by atoms with E-state index < -0.39 is 24.2 Å². The lowest BCUT2D eigenvalue weighted by molar-refractivity contribution is -0.158. The number of rotatable bonds is 4. The molecule has 6 heteroatoms. The molecule has 0 spiro atoms. The Morgan fingerprint density at radius 3 is 2.67 bits per heavy atom. The normalized spacial score (nSPS) is 29.1. The van der Waals surface area contributed by atoms with Gasteiger partial charge in [0.15, 0.2) is 0 Å². The minimum atomic E-state index is -4.32. The third-order valence-electron chi connectivity index (χ3n) is 3.29. The molecule has 0 saturated heterocycles. The van der Waals surface area contributed by atoms with Gasteiger partial charge in [-0.25, -0.2) is 0 Å². The van der Waals surface area contributed by atoms with Gasteiger partial charge in [0.2, 0.25) is 0 Å². The first-order valence-corrected chi connectivity index (χ1v) is 6.28. The molecule has 0 aromatic heterocycles. The number of esters is 1. The minimum absolute atomic E-state index is 0.183. The predicted molar refractivity (Wildman–Crippen MR) is 61.1 cm³/mol. The monoisotopic (exact) mass is 267 g/mol. The topological polar surface area (TPSA) is 38.3 Å². The number of hydrogen-bond acceptors (Lipinski definition) is 3. The molecule has 0 heterocycles. The average molecular weight is 267 g/mol. The summed E-state index contributed by atoms with van der Waals surface area (Å²) < 4.78 is 41.9. The molecule has 0 radical (unpaired) electrons. The zero-order chi connectivity index (χ0) is 13.8. The van der Waals surface area contributed by atoms with Gasteiger partial charge in [-0.2, -0.15) is 13.2 Å². The van der Waals surface area contributed by atoms with Crippen LogP contribution in [0.15, 0.2) is 0 Å². The van der Waals surface area contributed by atoms with Crippen molar-refractivity contribution >= 4 is 5.97 Å². The molecule has 0 aromatic carbocycles. The maximum atomic E-state index is 12.3. The second kappa shape index (κ2) is 5.91. The third kappa shape index (κ3) is 4.15. The lowest BCUT2D eigenvalue weighted by Crippen LogP contribution is -2.57. The Kier molecular flexibility index (Phi) is 5.01. The van der Waals surface area contributed by atoms with Gasteiger partial charge in [0.1, 0.15) is 5.54 Å². The highest BCUT2D eigenvalue weighted by molar-refractivity contribution is 5.81. The van der Waals surface area contributed by atoms with Crippen LogP contribution < -0.4 is 5.32 Å². The molecule has 1 aliphatic rings. The molecule has 1 N–H and O–H groups in total. The Labute approximate surface area is 105 Å². The van der Waals surface area contributed by atoms with Gasteiger partial charge in [-0.05, 0) is 25.7 Å². The Morgan fingerprint density at radius 2 is 2.17 bits per heavy atom. The predicted octanol–water partition coefficient (Wildman–Crippen LogP) is 2.65. The highest BCUT2D eigenvalue weighted by Crippen LogP contribution is 2.34. The number of carbonyl (C=O) groups is 1. The van der Waals surface area contributed by atoms with E-state index in [-0.39, 0.29) is 12.5 Å². The molecule has 1 fully saturated rings. The van der Waals surface area contributed by atoms with E-state index in [0.717, 1.165) is 12.8 Å². The minimum Gasteiger partial charge on any atom is -0.465 e. The van der Waals surface area contributed by atoms with Gasteiger partial charge in [-0.3, -0.25) is 10.1 Å². The Morgan fingerprint density at radius 1 is 1.50 bits per heavy atom. The van der Waals surface area contributed by atoms with Crippen molar-refractivity contribution in [3.05, 3.63) is 0 Å². The number of halogens is 3. The van der Waals surface area contributed by atoms with E-state index in [9.17, 15) is 18.0 Å². The summed E-state index contributed by atoms with van der Waals surface area (Å²) in [5.41, 5.74) is -1.16. The van der Waals surface area contributed by atoms with Crippen LogP contribution in [0.25, 0.3) is 0 Å². The lowest BCUT2D eigenvalue weighted by atomic mass is 9.76. The molecule has 0 amide bonds. The fourth-order valence-electron chi connectivity index (χ4n) is 2.51. The van der Waals surface area contributed by atoms with Crippen LogP contribution in [0.4, 0.5) is 13.2 Å². The number of hydrogen-bond donors (Lipinski definition) is 1. The fraction of sp³-hybridized carbons (Fsp3) is 0.917. The summed E-state index contributed by atoms with van der Waals surface area (Å²) in [5.74, 6) is -0.329. The molecular weight excluding hydrogens is 247 g/mol. The van der Waals surface area contributed by atoms with Crippen LogP contribution in [0.2, 0.25) is 0 Å². The molecule has 2 unspecified atom stereocenters. The van der Waals surface area contributed by atoms with Crippen LogP contribution >= 0.6 is 0 Å². The van der Waals surface area contributed by atoms with Crippen molar-refractivity contribution in [2.45, 2.75) is 51.2 Å². The smallest absolute Gasteiger partial charge is 0.401 e. The van der Waals surface area contributed by atoms with Gasteiger partial charge in [0, 0.05) is 0 Å². The molecule has 3 nitrogen and oxygen atoms in total. The Balaban J connectivity index is 2.76. The van der Waals surface area contributed by atoms with Crippen LogP contribution in [0.5, 0.6) is 0 Å². The van der Waals surface area contributed by atoms with Crippen LogP contribution in [0.3, 0.4) is 0 Å². The van der Waals surface area contributed by atoms with Crippen molar-refractivity contribution in [1.82, 2.24) is 5.32 Å². The molecular formula is C12H20F3NO2. The van der Waals surface area contributed by atoms with Crippen molar-refractivity contribution in [3.8, 4) is 0 Å². The van der Waals surface area contributed by atoms with Crippen molar-refractivity contribution in [3.63, 3.8) is 0 Å². The highest BCUT2D eigenvalue weighted by Gasteiger charge is 2.45. The molecule has 1 aliphatic carbocycles. The van der Waals surface area contributed by atoms with Crippen molar-refractivity contribution < 1.29 is 22.7 Å². The van der Waals surface area contributed by atoms with E-state index in [1.807, 2.05) is 6.92 Å². The average Bonchev–Trinajstić information content (AvgIpc) is 2.26. The van der Waals surface area contributed by atoms with Gasteiger partial charge in [0.05, 0.1) is 13.2 Å². The largest absolute Gasteiger partial charge is 0.465 e. The molecule has 1 rings (SSSR count). The molecule has 0 bridgehead atoms. The van der Waals surface area contributed by atoms with E-state index in [1.165, 1.54) is 0 Å². The van der Waals surface area contributed by atoms with E-state index in [4.69, 9.17) is 4.74 Å². The number of carbonyl (C=O) groups excluding carboxylic acids is 1. The first-order chi connectivity index (χ1) is 8.29. The second-order valence-corrected chi connectivity index (χ2v) is 4.97. The fourth-order valence-corrected chi connectivity index (χ4v) is 2.51. The summed E-state index contributed by atoms with van der Waals surface area (Å²) in [7, 11) is 0. The second-order valence-electron chi connectivity index (χ2n) is 4.97. The van der Waals surface area contributed by atoms with Crippen molar-refractivity contribution in [2.24, 2.45) is 5.92 Å². The van der Waals surface area contributed by atoms with E-state index in [2.05, 4.69) is 5.32 Å². The molecule has 0 aromatic rings. The number of ether oxygens (including phenoxy) is 1. The SMILES string of the molecule is CCOC(=O)C1(NCC(F)(F)F)CCCC(C)C1. The highest BCUT2D eigenvalue weighted by atomic mass is 19.4. The number of alkyl halides is 3. The Bertz CT molecular complexity index is 294.